The van der Waals surface area contributed by atoms with Gasteiger partial charge in [-0.2, -0.15) is 4.98 Å². The van der Waals surface area contributed by atoms with Gasteiger partial charge in [0, 0.05) is 26.2 Å². The van der Waals surface area contributed by atoms with Crippen molar-refractivity contribution in [2.45, 2.75) is 25.4 Å². The first kappa shape index (κ1) is 12.5. The van der Waals surface area contributed by atoms with Crippen molar-refractivity contribution in [2.75, 3.05) is 33.4 Å². The fraction of sp³-hybridized carbons (Fsp3) is 0.818. The van der Waals surface area contributed by atoms with Crippen LogP contribution < -0.4 is 5.32 Å². The van der Waals surface area contributed by atoms with E-state index in [1.807, 2.05) is 0 Å². The molecule has 0 radical (unpaired) electrons. The Morgan fingerprint density at radius 1 is 1.65 bits per heavy atom. The van der Waals surface area contributed by atoms with E-state index in [0.717, 1.165) is 26.2 Å². The van der Waals surface area contributed by atoms with Gasteiger partial charge in [0.1, 0.15) is 0 Å². The molecule has 1 aliphatic rings. The van der Waals surface area contributed by atoms with Crippen LogP contribution in [0, 0.1) is 0 Å². The van der Waals surface area contributed by atoms with Crippen LogP contribution in [0.4, 0.5) is 0 Å². The van der Waals surface area contributed by atoms with Gasteiger partial charge in [0.25, 0.3) is 0 Å². The average Bonchev–Trinajstić information content (AvgIpc) is 2.99. The highest BCUT2D eigenvalue weighted by atomic mass is 16.5. The summed E-state index contributed by atoms with van der Waals surface area (Å²) in [4.78, 5) is 6.35. The van der Waals surface area contributed by atoms with Gasteiger partial charge < -0.3 is 14.6 Å². The molecule has 96 valence electrons. The Balaban J connectivity index is 1.83. The molecule has 1 aromatic rings. The highest BCUT2D eigenvalue weighted by Gasteiger charge is 2.19. The van der Waals surface area contributed by atoms with Gasteiger partial charge in [-0.05, 0) is 19.4 Å². The molecule has 1 atom stereocenters. The third-order valence-electron chi connectivity index (χ3n) is 3.02. The summed E-state index contributed by atoms with van der Waals surface area (Å²) in [5.41, 5.74) is 0. The van der Waals surface area contributed by atoms with Crippen LogP contribution in [0.25, 0.3) is 0 Å². The third-order valence-corrected chi connectivity index (χ3v) is 3.02. The van der Waals surface area contributed by atoms with Gasteiger partial charge in [-0.15, -0.1) is 0 Å². The highest BCUT2D eigenvalue weighted by molar-refractivity contribution is 4.81. The van der Waals surface area contributed by atoms with Crippen molar-refractivity contribution in [3.05, 3.63) is 12.2 Å². The van der Waals surface area contributed by atoms with Crippen LogP contribution in [0.1, 0.15) is 18.7 Å². The quantitative estimate of drug-likeness (QED) is 0.738. The number of hydrogen-bond donors (Lipinski definition) is 1. The summed E-state index contributed by atoms with van der Waals surface area (Å²) >= 11 is 0. The van der Waals surface area contributed by atoms with Crippen molar-refractivity contribution in [1.29, 1.82) is 0 Å². The third kappa shape index (κ3) is 4.07. The second kappa shape index (κ2) is 6.68. The zero-order chi connectivity index (χ0) is 11.9. The minimum absolute atomic E-state index is 0.578. The molecule has 1 aromatic heterocycles. The molecule has 6 nitrogen and oxygen atoms in total. The number of nitrogens with zero attached hydrogens (tertiary/aromatic N) is 3. The summed E-state index contributed by atoms with van der Waals surface area (Å²) in [6, 6.07) is 0.578. The van der Waals surface area contributed by atoms with Gasteiger partial charge in [0.2, 0.25) is 5.89 Å². The van der Waals surface area contributed by atoms with Crippen molar-refractivity contribution in [2.24, 2.45) is 0 Å². The SMILES string of the molecule is COCCN(Cc1ncno1)CC1CCCN1. The summed E-state index contributed by atoms with van der Waals surface area (Å²) < 4.78 is 10.2. The highest BCUT2D eigenvalue weighted by Crippen LogP contribution is 2.09. The first-order valence-electron chi connectivity index (χ1n) is 6.08. The van der Waals surface area contributed by atoms with E-state index in [4.69, 9.17) is 9.26 Å². The summed E-state index contributed by atoms with van der Waals surface area (Å²) in [5, 5.41) is 7.12. The molecule has 0 bridgehead atoms. The number of nitrogens with one attached hydrogen (secondary N) is 1. The van der Waals surface area contributed by atoms with Crippen LogP contribution in [-0.4, -0.2) is 54.4 Å². The standard InChI is InChI=1S/C11H20N4O2/c1-16-6-5-15(7-10-3-2-4-12-10)8-11-13-9-14-17-11/h9-10,12H,2-8H2,1H3. The number of ether oxygens (including phenoxy) is 1. The zero-order valence-electron chi connectivity index (χ0n) is 10.3. The van der Waals surface area contributed by atoms with Gasteiger partial charge in [0.05, 0.1) is 13.2 Å². The summed E-state index contributed by atoms with van der Waals surface area (Å²) in [6.07, 6.45) is 3.95. The average molecular weight is 240 g/mol. The number of aromatic nitrogens is 2. The molecule has 2 heterocycles. The Kier molecular flexibility index (Phi) is 4.90. The van der Waals surface area contributed by atoms with E-state index >= 15 is 0 Å². The minimum Gasteiger partial charge on any atom is -0.383 e. The smallest absolute Gasteiger partial charge is 0.240 e. The van der Waals surface area contributed by atoms with Crippen LogP contribution >= 0.6 is 0 Å². The fourth-order valence-corrected chi connectivity index (χ4v) is 2.14. The van der Waals surface area contributed by atoms with Gasteiger partial charge in [-0.25, -0.2) is 0 Å². The second-order valence-electron chi connectivity index (χ2n) is 4.36. The maximum atomic E-state index is 5.13. The fourth-order valence-electron chi connectivity index (χ4n) is 2.14. The molecule has 0 aliphatic carbocycles. The van der Waals surface area contributed by atoms with Crippen molar-refractivity contribution in [3.8, 4) is 0 Å². The number of hydrogen-bond acceptors (Lipinski definition) is 6. The molecule has 1 aliphatic heterocycles. The van der Waals surface area contributed by atoms with E-state index in [0.29, 0.717) is 18.5 Å². The normalized spacial score (nSPS) is 20.2. The molecule has 0 spiro atoms. The van der Waals surface area contributed by atoms with Gasteiger partial charge in [0.15, 0.2) is 6.33 Å². The molecule has 2 rings (SSSR count). The lowest BCUT2D eigenvalue weighted by Gasteiger charge is -2.23. The monoisotopic (exact) mass is 240 g/mol. The van der Waals surface area contributed by atoms with Crippen molar-refractivity contribution in [1.82, 2.24) is 20.4 Å². The lowest BCUT2D eigenvalue weighted by Crippen LogP contribution is -2.38. The summed E-state index contributed by atoms with van der Waals surface area (Å²) in [7, 11) is 1.72. The summed E-state index contributed by atoms with van der Waals surface area (Å²) in [5.74, 6) is 0.666. The van der Waals surface area contributed by atoms with Crippen molar-refractivity contribution < 1.29 is 9.26 Å². The van der Waals surface area contributed by atoms with E-state index in [2.05, 4.69) is 20.4 Å². The Labute approximate surface area is 101 Å². The Bertz CT molecular complexity index is 298. The molecular formula is C11H20N4O2. The van der Waals surface area contributed by atoms with Crippen molar-refractivity contribution in [3.63, 3.8) is 0 Å². The molecule has 17 heavy (non-hydrogen) atoms. The van der Waals surface area contributed by atoms with Crippen molar-refractivity contribution >= 4 is 0 Å². The molecular weight excluding hydrogens is 220 g/mol. The molecule has 1 saturated heterocycles. The first-order valence-corrected chi connectivity index (χ1v) is 6.08. The van der Waals surface area contributed by atoms with Gasteiger partial charge >= 0.3 is 0 Å². The largest absolute Gasteiger partial charge is 0.383 e. The molecule has 1 fully saturated rings. The number of rotatable bonds is 7. The van der Waals surface area contributed by atoms with Crippen LogP contribution in [-0.2, 0) is 11.3 Å². The maximum absolute atomic E-state index is 5.13. The predicted molar refractivity (Wildman–Crippen MR) is 62.5 cm³/mol. The lowest BCUT2D eigenvalue weighted by molar-refractivity contribution is 0.129. The lowest BCUT2D eigenvalue weighted by atomic mass is 10.2. The van der Waals surface area contributed by atoms with Gasteiger partial charge in [-0.3, -0.25) is 4.90 Å². The topological polar surface area (TPSA) is 63.4 Å². The molecule has 6 heteroatoms. The van der Waals surface area contributed by atoms with E-state index in [-0.39, 0.29) is 0 Å². The van der Waals surface area contributed by atoms with E-state index in [1.54, 1.807) is 7.11 Å². The molecule has 0 saturated carbocycles. The Morgan fingerprint density at radius 3 is 3.24 bits per heavy atom. The van der Waals surface area contributed by atoms with Gasteiger partial charge in [-0.1, -0.05) is 5.16 Å². The minimum atomic E-state index is 0.578. The molecule has 0 amide bonds. The maximum Gasteiger partial charge on any atom is 0.240 e. The van der Waals surface area contributed by atoms with Crippen LogP contribution in [0.15, 0.2) is 10.9 Å². The molecule has 0 aromatic carbocycles. The zero-order valence-corrected chi connectivity index (χ0v) is 10.3. The summed E-state index contributed by atoms with van der Waals surface area (Å²) in [6.45, 7) is 4.44. The second-order valence-corrected chi connectivity index (χ2v) is 4.36. The van der Waals surface area contributed by atoms with Crippen LogP contribution in [0.5, 0.6) is 0 Å². The molecule has 1 unspecified atom stereocenters. The van der Waals surface area contributed by atoms with E-state index in [9.17, 15) is 0 Å². The number of methoxy groups -OCH3 is 1. The van der Waals surface area contributed by atoms with E-state index < -0.39 is 0 Å². The van der Waals surface area contributed by atoms with Crippen LogP contribution in [0.2, 0.25) is 0 Å². The predicted octanol–water partition coefficient (Wildman–Crippen LogP) is 0.270. The van der Waals surface area contributed by atoms with E-state index in [1.165, 1.54) is 19.2 Å². The first-order chi connectivity index (χ1) is 8.38. The Hall–Kier alpha value is -0.980. The Morgan fingerprint density at radius 2 is 2.59 bits per heavy atom. The molecule has 1 N–H and O–H groups in total. The van der Waals surface area contributed by atoms with Crippen LogP contribution in [0.3, 0.4) is 0 Å².